The van der Waals surface area contributed by atoms with Crippen LogP contribution < -0.4 is 0 Å². The zero-order chi connectivity index (χ0) is 15.6. The van der Waals surface area contributed by atoms with Crippen LogP contribution in [0.1, 0.15) is 19.3 Å². The lowest BCUT2D eigenvalue weighted by molar-refractivity contribution is -0.230. The number of rotatable bonds is 4. The maximum Gasteiger partial charge on any atom is 0.248 e. The van der Waals surface area contributed by atoms with E-state index in [0.717, 1.165) is 65.1 Å². The molecule has 3 saturated heterocycles. The van der Waals surface area contributed by atoms with Gasteiger partial charge in [-0.05, 0) is 19.9 Å². The van der Waals surface area contributed by atoms with Crippen LogP contribution in [0.15, 0.2) is 0 Å². The van der Waals surface area contributed by atoms with Gasteiger partial charge in [0.25, 0.3) is 0 Å². The molecule has 22 heavy (non-hydrogen) atoms. The van der Waals surface area contributed by atoms with Gasteiger partial charge in [0.05, 0.1) is 11.7 Å². The van der Waals surface area contributed by atoms with Gasteiger partial charge in [0.2, 0.25) is 5.91 Å². The highest BCUT2D eigenvalue weighted by Crippen LogP contribution is 2.41. The van der Waals surface area contributed by atoms with Crippen molar-refractivity contribution in [1.82, 2.24) is 14.7 Å². The first-order valence-electron chi connectivity index (χ1n) is 8.46. The van der Waals surface area contributed by atoms with E-state index in [1.165, 1.54) is 0 Å². The van der Waals surface area contributed by atoms with Crippen molar-refractivity contribution in [3.63, 3.8) is 0 Å². The molecule has 0 radical (unpaired) electrons. The van der Waals surface area contributed by atoms with Crippen molar-refractivity contribution in [2.45, 2.75) is 31.0 Å². The lowest BCUT2D eigenvalue weighted by Gasteiger charge is -2.53. The third kappa shape index (κ3) is 3.62. The van der Waals surface area contributed by atoms with Crippen molar-refractivity contribution in [2.24, 2.45) is 0 Å². The van der Waals surface area contributed by atoms with Gasteiger partial charge < -0.3 is 19.3 Å². The number of piperidine rings is 1. The maximum absolute atomic E-state index is 11.8. The van der Waals surface area contributed by atoms with Crippen LogP contribution >= 0.6 is 0 Å². The number of ether oxygens (including phenoxy) is 2. The first-order valence-corrected chi connectivity index (χ1v) is 8.46. The third-order valence-corrected chi connectivity index (χ3v) is 5.37. The van der Waals surface area contributed by atoms with Crippen LogP contribution in [-0.4, -0.2) is 98.9 Å². The molecule has 0 saturated carbocycles. The van der Waals surface area contributed by atoms with Crippen molar-refractivity contribution in [1.29, 1.82) is 0 Å². The van der Waals surface area contributed by atoms with Crippen LogP contribution in [0.4, 0.5) is 0 Å². The Bertz CT molecular complexity index is 380. The van der Waals surface area contributed by atoms with Crippen LogP contribution in [0.3, 0.4) is 0 Å². The first-order chi connectivity index (χ1) is 10.6. The van der Waals surface area contributed by atoms with E-state index >= 15 is 0 Å². The molecule has 0 aromatic carbocycles. The summed E-state index contributed by atoms with van der Waals surface area (Å²) in [5, 5.41) is 0. The van der Waals surface area contributed by atoms with Gasteiger partial charge in [-0.3, -0.25) is 9.69 Å². The molecule has 0 aromatic rings. The molecule has 3 rings (SSSR count). The molecule has 3 heterocycles. The lowest BCUT2D eigenvalue weighted by atomic mass is 9.80. The number of hydrogen-bond acceptors (Lipinski definition) is 5. The number of methoxy groups -OCH3 is 1. The van der Waals surface area contributed by atoms with Gasteiger partial charge in [0.1, 0.15) is 6.61 Å². The molecule has 1 atom stereocenters. The van der Waals surface area contributed by atoms with E-state index in [9.17, 15) is 4.79 Å². The minimum Gasteiger partial charge on any atom is -0.375 e. The highest BCUT2D eigenvalue weighted by Gasteiger charge is 2.48. The summed E-state index contributed by atoms with van der Waals surface area (Å²) in [6, 6.07) is 0. The molecule has 0 unspecified atom stereocenters. The summed E-state index contributed by atoms with van der Waals surface area (Å²) in [4.78, 5) is 18.6. The number of piperazine rings is 1. The Morgan fingerprint density at radius 2 is 1.82 bits per heavy atom. The number of amides is 1. The number of carbonyl (C=O) groups excluding carboxylic acids is 1. The molecule has 0 N–H and O–H groups in total. The van der Waals surface area contributed by atoms with Crippen molar-refractivity contribution in [3.05, 3.63) is 0 Å². The van der Waals surface area contributed by atoms with E-state index < -0.39 is 0 Å². The summed E-state index contributed by atoms with van der Waals surface area (Å²) in [6.45, 7) is 7.52. The number of likely N-dealkylation sites (N-methyl/N-ethyl adjacent to an activating group) is 1. The van der Waals surface area contributed by atoms with E-state index in [1.54, 1.807) is 7.11 Å². The average molecular weight is 311 g/mol. The smallest absolute Gasteiger partial charge is 0.248 e. The molecule has 3 aliphatic heterocycles. The number of hydrogen-bond donors (Lipinski definition) is 0. The fourth-order valence-electron chi connectivity index (χ4n) is 3.88. The van der Waals surface area contributed by atoms with Gasteiger partial charge in [-0.25, -0.2) is 0 Å². The Morgan fingerprint density at radius 3 is 2.41 bits per heavy atom. The summed E-state index contributed by atoms with van der Waals surface area (Å²) in [5.41, 5.74) is 0.0566. The fourth-order valence-corrected chi connectivity index (χ4v) is 3.88. The highest BCUT2D eigenvalue weighted by atomic mass is 16.5. The lowest BCUT2D eigenvalue weighted by Crippen LogP contribution is -2.60. The standard InChI is InChI=1S/C16H29N3O3/c1-17-7-9-18(10-8-17)12-14-11-16(22-14)3-5-19(6-4-16)15(20)13-21-2/h14H,3-13H2,1-2H3/t14-/m0/s1. The summed E-state index contributed by atoms with van der Waals surface area (Å²) in [7, 11) is 3.76. The number of carbonyl (C=O) groups is 1. The van der Waals surface area contributed by atoms with E-state index in [-0.39, 0.29) is 18.1 Å². The molecule has 0 bridgehead atoms. The molecular weight excluding hydrogens is 282 g/mol. The average Bonchev–Trinajstić information content (AvgIpc) is 2.49. The molecule has 126 valence electrons. The van der Waals surface area contributed by atoms with Crippen molar-refractivity contribution < 1.29 is 14.3 Å². The van der Waals surface area contributed by atoms with Gasteiger partial charge in [-0.2, -0.15) is 0 Å². The fraction of sp³-hybridized carbons (Fsp3) is 0.938. The summed E-state index contributed by atoms with van der Waals surface area (Å²) < 4.78 is 11.2. The molecule has 1 amide bonds. The van der Waals surface area contributed by atoms with E-state index in [2.05, 4.69) is 16.8 Å². The van der Waals surface area contributed by atoms with Crippen LogP contribution in [0.25, 0.3) is 0 Å². The third-order valence-electron chi connectivity index (χ3n) is 5.37. The van der Waals surface area contributed by atoms with Crippen molar-refractivity contribution >= 4 is 5.91 Å². The van der Waals surface area contributed by atoms with Crippen LogP contribution in [0.5, 0.6) is 0 Å². The summed E-state index contributed by atoms with van der Waals surface area (Å²) in [5.74, 6) is 0.102. The number of likely N-dealkylation sites (tertiary alicyclic amines) is 1. The van der Waals surface area contributed by atoms with Crippen LogP contribution in [0.2, 0.25) is 0 Å². The molecule has 6 heteroatoms. The molecule has 1 spiro atoms. The van der Waals surface area contributed by atoms with Gasteiger partial charge in [-0.15, -0.1) is 0 Å². The van der Waals surface area contributed by atoms with Gasteiger partial charge in [0, 0.05) is 59.3 Å². The minimum absolute atomic E-state index is 0.0566. The molecule has 0 aliphatic carbocycles. The Balaban J connectivity index is 1.37. The predicted octanol–water partition coefficient (Wildman–Crippen LogP) is 0.0303. The quantitative estimate of drug-likeness (QED) is 0.733. The van der Waals surface area contributed by atoms with E-state index in [4.69, 9.17) is 9.47 Å². The summed E-state index contributed by atoms with van der Waals surface area (Å²) in [6.07, 6.45) is 3.50. The van der Waals surface area contributed by atoms with E-state index in [0.29, 0.717) is 6.10 Å². The normalized spacial score (nSPS) is 29.5. The predicted molar refractivity (Wildman–Crippen MR) is 83.8 cm³/mol. The Kier molecular flexibility index (Phi) is 5.02. The topological polar surface area (TPSA) is 45.2 Å². The molecular formula is C16H29N3O3. The minimum atomic E-state index is 0.0566. The second-order valence-electron chi connectivity index (χ2n) is 7.04. The first kappa shape index (κ1) is 16.2. The molecule has 0 aromatic heterocycles. The number of nitrogens with zero attached hydrogens (tertiary/aromatic N) is 3. The second kappa shape index (κ2) is 6.83. The zero-order valence-electron chi connectivity index (χ0n) is 13.9. The van der Waals surface area contributed by atoms with E-state index in [1.807, 2.05) is 4.90 Å². The molecule has 3 aliphatic rings. The molecule has 3 fully saturated rings. The SMILES string of the molecule is COCC(=O)N1CCC2(CC1)C[C@@H](CN1CCN(C)CC1)O2. The Hall–Kier alpha value is -0.690. The molecule has 6 nitrogen and oxygen atoms in total. The largest absolute Gasteiger partial charge is 0.375 e. The zero-order valence-corrected chi connectivity index (χ0v) is 13.9. The van der Waals surface area contributed by atoms with Crippen LogP contribution in [0, 0.1) is 0 Å². The maximum atomic E-state index is 11.8. The van der Waals surface area contributed by atoms with Crippen molar-refractivity contribution in [3.8, 4) is 0 Å². The van der Waals surface area contributed by atoms with Crippen LogP contribution in [-0.2, 0) is 14.3 Å². The van der Waals surface area contributed by atoms with Gasteiger partial charge >= 0.3 is 0 Å². The second-order valence-corrected chi connectivity index (χ2v) is 7.04. The van der Waals surface area contributed by atoms with Gasteiger partial charge in [0.15, 0.2) is 0 Å². The monoisotopic (exact) mass is 311 g/mol. The summed E-state index contributed by atoms with van der Waals surface area (Å²) >= 11 is 0. The Labute approximate surface area is 133 Å². The Morgan fingerprint density at radius 1 is 1.18 bits per heavy atom. The highest BCUT2D eigenvalue weighted by molar-refractivity contribution is 5.77. The van der Waals surface area contributed by atoms with Crippen molar-refractivity contribution in [2.75, 3.05) is 66.6 Å². The van der Waals surface area contributed by atoms with Gasteiger partial charge in [-0.1, -0.05) is 0 Å².